The highest BCUT2D eigenvalue weighted by molar-refractivity contribution is 6.31. The van der Waals surface area contributed by atoms with Gasteiger partial charge in [-0.15, -0.1) is 0 Å². The molecule has 7 heteroatoms. The first kappa shape index (κ1) is 26.0. The van der Waals surface area contributed by atoms with Crippen LogP contribution >= 0.6 is 11.6 Å². The number of nitrogens with two attached hydrogens (primary N) is 1. The van der Waals surface area contributed by atoms with Crippen LogP contribution in [0.15, 0.2) is 71.3 Å². The fourth-order valence-corrected chi connectivity index (χ4v) is 5.20. The molecule has 1 amide bonds. The van der Waals surface area contributed by atoms with E-state index in [-0.39, 0.29) is 11.8 Å². The Kier molecular flexibility index (Phi) is 7.82. The predicted molar refractivity (Wildman–Crippen MR) is 150 cm³/mol. The molecule has 5 rings (SSSR count). The Morgan fingerprint density at radius 1 is 1.05 bits per heavy atom. The summed E-state index contributed by atoms with van der Waals surface area (Å²) in [6.45, 7) is 6.87. The average Bonchev–Trinajstić information content (AvgIpc) is 3.31. The molecule has 0 saturated carbocycles. The Morgan fingerprint density at radius 2 is 1.79 bits per heavy atom. The number of piperidine rings is 1. The van der Waals surface area contributed by atoms with Crippen LogP contribution in [0.25, 0.3) is 22.5 Å². The second-order valence-electron chi connectivity index (χ2n) is 10.00. The molecule has 2 heterocycles. The third-order valence-corrected chi connectivity index (χ3v) is 7.62. The molecule has 0 spiro atoms. The van der Waals surface area contributed by atoms with E-state index in [4.69, 9.17) is 26.6 Å². The topological polar surface area (TPSA) is 81.6 Å². The van der Waals surface area contributed by atoms with Crippen LogP contribution < -0.4 is 10.5 Å². The number of likely N-dealkylation sites (tertiary alicyclic amines) is 1. The summed E-state index contributed by atoms with van der Waals surface area (Å²) in [4.78, 5) is 13.9. The highest BCUT2D eigenvalue weighted by Crippen LogP contribution is 2.42. The largest absolute Gasteiger partial charge is 0.488 e. The van der Waals surface area contributed by atoms with Gasteiger partial charge in [-0.2, -0.15) is 0 Å². The lowest BCUT2D eigenvalue weighted by Crippen LogP contribution is -2.38. The normalized spacial score (nSPS) is 14.5. The van der Waals surface area contributed by atoms with E-state index in [9.17, 15) is 4.79 Å². The molecule has 2 N–H and O–H groups in total. The van der Waals surface area contributed by atoms with Crippen molar-refractivity contribution >= 4 is 17.5 Å². The fraction of sp³-hybridized carbons (Fsp3) is 0.290. The highest BCUT2D eigenvalue weighted by Gasteiger charge is 2.24. The van der Waals surface area contributed by atoms with E-state index in [2.05, 4.69) is 34.3 Å². The van der Waals surface area contributed by atoms with Crippen LogP contribution in [0.3, 0.4) is 0 Å². The maximum Gasteiger partial charge on any atom is 0.220 e. The Morgan fingerprint density at radius 3 is 2.53 bits per heavy atom. The van der Waals surface area contributed by atoms with Crippen molar-refractivity contribution in [3.05, 3.63) is 94.1 Å². The van der Waals surface area contributed by atoms with Crippen molar-refractivity contribution in [1.29, 1.82) is 0 Å². The molecule has 0 unspecified atom stereocenters. The van der Waals surface area contributed by atoms with Gasteiger partial charge in [-0.3, -0.25) is 9.69 Å². The number of nitrogens with zero attached hydrogens (tertiary/aromatic N) is 2. The van der Waals surface area contributed by atoms with E-state index >= 15 is 0 Å². The van der Waals surface area contributed by atoms with Crippen LogP contribution in [0.4, 0.5) is 0 Å². The second-order valence-corrected chi connectivity index (χ2v) is 10.4. The summed E-state index contributed by atoms with van der Waals surface area (Å²) in [6, 6.07) is 22.4. The molecule has 196 valence electrons. The standard InChI is InChI=1S/C31H32ClN3O3/c1-20-15-28(37-19-22-7-4-3-5-8-22)26(17-27(20)32)30-29(21(2)34-38-30)25-10-6-9-23(16-25)18-35-13-11-24(12-14-35)31(33)36/h3-10,15-17,24H,11-14,18-19H2,1-2H3,(H2,33,36). The van der Waals surface area contributed by atoms with Gasteiger partial charge in [-0.25, -0.2) is 0 Å². The smallest absolute Gasteiger partial charge is 0.220 e. The lowest BCUT2D eigenvalue weighted by Gasteiger charge is -2.30. The number of hydrogen-bond acceptors (Lipinski definition) is 5. The molecule has 0 radical (unpaired) electrons. The Hall–Kier alpha value is -3.61. The van der Waals surface area contributed by atoms with Gasteiger partial charge in [0.15, 0.2) is 5.76 Å². The molecule has 1 saturated heterocycles. The second kappa shape index (κ2) is 11.4. The average molecular weight is 530 g/mol. The van der Waals surface area contributed by atoms with Crippen LogP contribution in [0.2, 0.25) is 5.02 Å². The van der Waals surface area contributed by atoms with Crippen LogP contribution in [0, 0.1) is 19.8 Å². The summed E-state index contributed by atoms with van der Waals surface area (Å²) in [7, 11) is 0. The van der Waals surface area contributed by atoms with Crippen molar-refractivity contribution in [2.24, 2.45) is 11.7 Å². The number of ether oxygens (including phenoxy) is 1. The molecule has 0 bridgehead atoms. The first-order valence-electron chi connectivity index (χ1n) is 12.9. The Bertz CT molecular complexity index is 1430. The van der Waals surface area contributed by atoms with Gasteiger partial charge in [0, 0.05) is 17.5 Å². The van der Waals surface area contributed by atoms with E-state index in [1.807, 2.05) is 56.3 Å². The SMILES string of the molecule is Cc1cc(OCc2ccccc2)c(-c2onc(C)c2-c2cccc(CN3CCC(C(N)=O)CC3)c2)cc1Cl. The number of aryl methyl sites for hydroxylation is 2. The molecule has 1 fully saturated rings. The molecule has 0 atom stereocenters. The van der Waals surface area contributed by atoms with Gasteiger partial charge < -0.3 is 15.0 Å². The fourth-order valence-electron chi connectivity index (χ4n) is 5.04. The Labute approximate surface area is 228 Å². The van der Waals surface area contributed by atoms with E-state index in [1.54, 1.807) is 0 Å². The number of carbonyl (C=O) groups excluding carboxylic acids is 1. The van der Waals surface area contributed by atoms with Crippen molar-refractivity contribution in [2.45, 2.75) is 39.8 Å². The molecule has 6 nitrogen and oxygen atoms in total. The van der Waals surface area contributed by atoms with E-state index in [0.717, 1.165) is 66.0 Å². The molecule has 3 aromatic carbocycles. The third-order valence-electron chi connectivity index (χ3n) is 7.22. The van der Waals surface area contributed by atoms with Gasteiger partial charge in [0.25, 0.3) is 0 Å². The first-order valence-corrected chi connectivity index (χ1v) is 13.3. The van der Waals surface area contributed by atoms with Crippen molar-refractivity contribution in [3.8, 4) is 28.2 Å². The zero-order valence-electron chi connectivity index (χ0n) is 21.7. The lowest BCUT2D eigenvalue weighted by molar-refractivity contribution is -0.123. The van der Waals surface area contributed by atoms with Crippen molar-refractivity contribution in [2.75, 3.05) is 13.1 Å². The van der Waals surface area contributed by atoms with Gasteiger partial charge in [0.1, 0.15) is 12.4 Å². The van der Waals surface area contributed by atoms with Crippen molar-refractivity contribution in [3.63, 3.8) is 0 Å². The molecule has 0 aliphatic carbocycles. The molecule has 1 aliphatic heterocycles. The number of primary amides is 1. The van der Waals surface area contributed by atoms with Gasteiger partial charge >= 0.3 is 0 Å². The third kappa shape index (κ3) is 5.77. The molecular formula is C31H32ClN3O3. The first-order chi connectivity index (χ1) is 18.4. The van der Waals surface area contributed by atoms with E-state index in [0.29, 0.717) is 23.1 Å². The van der Waals surface area contributed by atoms with Crippen LogP contribution in [0.5, 0.6) is 5.75 Å². The number of amides is 1. The molecular weight excluding hydrogens is 498 g/mol. The zero-order valence-corrected chi connectivity index (χ0v) is 22.5. The minimum absolute atomic E-state index is 0.0144. The molecule has 4 aromatic rings. The lowest BCUT2D eigenvalue weighted by atomic mass is 9.95. The number of benzene rings is 3. The molecule has 1 aromatic heterocycles. The van der Waals surface area contributed by atoms with E-state index < -0.39 is 0 Å². The number of aromatic nitrogens is 1. The summed E-state index contributed by atoms with van der Waals surface area (Å²) < 4.78 is 12.2. The number of halogens is 1. The van der Waals surface area contributed by atoms with Crippen LogP contribution in [0.1, 0.15) is 35.2 Å². The molecule has 1 aliphatic rings. The number of carbonyl (C=O) groups is 1. The minimum atomic E-state index is -0.189. The summed E-state index contributed by atoms with van der Waals surface area (Å²) >= 11 is 6.57. The quantitative estimate of drug-likeness (QED) is 0.280. The zero-order chi connectivity index (χ0) is 26.6. The van der Waals surface area contributed by atoms with Gasteiger partial charge in [0.2, 0.25) is 5.91 Å². The van der Waals surface area contributed by atoms with Gasteiger partial charge in [0.05, 0.1) is 16.8 Å². The predicted octanol–water partition coefficient (Wildman–Crippen LogP) is 6.56. The Balaban J connectivity index is 1.43. The highest BCUT2D eigenvalue weighted by atomic mass is 35.5. The van der Waals surface area contributed by atoms with Crippen molar-refractivity contribution < 1.29 is 14.1 Å². The van der Waals surface area contributed by atoms with Crippen molar-refractivity contribution in [1.82, 2.24) is 10.1 Å². The summed E-state index contributed by atoms with van der Waals surface area (Å²) in [5.74, 6) is 1.12. The number of rotatable bonds is 8. The summed E-state index contributed by atoms with van der Waals surface area (Å²) in [5.41, 5.74) is 12.2. The minimum Gasteiger partial charge on any atom is -0.488 e. The van der Waals surface area contributed by atoms with Gasteiger partial charge in [-0.05, 0) is 80.2 Å². The van der Waals surface area contributed by atoms with Crippen LogP contribution in [-0.4, -0.2) is 29.1 Å². The maximum absolute atomic E-state index is 11.5. The maximum atomic E-state index is 11.5. The number of hydrogen-bond donors (Lipinski definition) is 1. The van der Waals surface area contributed by atoms with Gasteiger partial charge in [-0.1, -0.05) is 65.3 Å². The molecule has 38 heavy (non-hydrogen) atoms. The summed E-state index contributed by atoms with van der Waals surface area (Å²) in [6.07, 6.45) is 1.62. The van der Waals surface area contributed by atoms with E-state index in [1.165, 1.54) is 5.56 Å². The summed E-state index contributed by atoms with van der Waals surface area (Å²) in [5, 5.41) is 4.96. The van der Waals surface area contributed by atoms with Crippen LogP contribution in [-0.2, 0) is 17.9 Å². The monoisotopic (exact) mass is 529 g/mol.